The fraction of sp³-hybridized carbons (Fsp3) is 0.0769. The van der Waals surface area contributed by atoms with Gasteiger partial charge in [0.2, 0.25) is 0 Å². The van der Waals surface area contributed by atoms with E-state index in [9.17, 15) is 14.1 Å². The zero-order chi connectivity index (χ0) is 13.0. The monoisotopic (exact) mass is 244 g/mol. The summed E-state index contributed by atoms with van der Waals surface area (Å²) in [6.45, 7) is 0. The van der Waals surface area contributed by atoms with Crippen molar-refractivity contribution >= 4 is 5.78 Å². The van der Waals surface area contributed by atoms with Gasteiger partial charge in [0.1, 0.15) is 5.82 Å². The Hall–Kier alpha value is -2.43. The minimum Gasteiger partial charge on any atom is -0.291 e. The van der Waals surface area contributed by atoms with Crippen molar-refractivity contribution in [2.45, 2.75) is 6.04 Å². The molecule has 2 rings (SSSR count). The molecule has 0 fully saturated rings. The van der Waals surface area contributed by atoms with Crippen LogP contribution in [-0.4, -0.2) is 10.8 Å². The molecule has 0 bridgehead atoms. The van der Waals surface area contributed by atoms with Crippen LogP contribution in [-0.2, 0) is 0 Å². The van der Waals surface area contributed by atoms with Crippen molar-refractivity contribution in [2.75, 3.05) is 0 Å². The average molecular weight is 244 g/mol. The molecule has 18 heavy (non-hydrogen) atoms. The summed E-state index contributed by atoms with van der Waals surface area (Å²) >= 11 is 0. The van der Waals surface area contributed by atoms with Gasteiger partial charge in [-0.1, -0.05) is 17.3 Å². The Morgan fingerprint density at radius 3 is 2.28 bits per heavy atom. The van der Waals surface area contributed by atoms with Gasteiger partial charge in [0.05, 0.1) is 0 Å². The number of benzene rings is 1. The molecule has 1 aromatic carbocycles. The number of ketones is 1. The van der Waals surface area contributed by atoms with E-state index >= 15 is 0 Å². The van der Waals surface area contributed by atoms with E-state index in [2.05, 4.69) is 10.2 Å². The Morgan fingerprint density at radius 2 is 1.72 bits per heavy atom. The number of rotatable bonds is 4. The molecule has 0 spiro atoms. The molecule has 4 nitrogen and oxygen atoms in total. The lowest BCUT2D eigenvalue weighted by Crippen LogP contribution is -2.10. The first-order valence-electron chi connectivity index (χ1n) is 5.24. The van der Waals surface area contributed by atoms with E-state index in [0.29, 0.717) is 11.1 Å². The van der Waals surface area contributed by atoms with Gasteiger partial charge in [-0.15, -0.1) is 4.91 Å². The van der Waals surface area contributed by atoms with Crippen molar-refractivity contribution in [2.24, 2.45) is 5.18 Å². The Morgan fingerprint density at radius 1 is 1.11 bits per heavy atom. The molecule has 0 radical (unpaired) electrons. The van der Waals surface area contributed by atoms with Crippen LogP contribution < -0.4 is 0 Å². The summed E-state index contributed by atoms with van der Waals surface area (Å²) in [7, 11) is 0. The largest absolute Gasteiger partial charge is 0.291 e. The van der Waals surface area contributed by atoms with Crippen molar-refractivity contribution < 1.29 is 9.18 Å². The van der Waals surface area contributed by atoms with Gasteiger partial charge in [-0.05, 0) is 29.8 Å². The molecule has 0 N–H and O–H groups in total. The Labute approximate surface area is 102 Å². The fourth-order valence-electron chi connectivity index (χ4n) is 1.58. The summed E-state index contributed by atoms with van der Waals surface area (Å²) in [6, 6.07) is 6.98. The van der Waals surface area contributed by atoms with E-state index in [1.54, 1.807) is 0 Å². The highest BCUT2D eigenvalue weighted by atomic mass is 19.1. The normalized spacial score (nSPS) is 11.8. The minimum atomic E-state index is -1.16. The molecule has 1 unspecified atom stereocenters. The van der Waals surface area contributed by atoms with Gasteiger partial charge < -0.3 is 0 Å². The second-order valence-corrected chi connectivity index (χ2v) is 3.66. The Balaban J connectivity index is 2.32. The number of nitroso groups, excluding NO2 is 1. The van der Waals surface area contributed by atoms with Gasteiger partial charge in [-0.3, -0.25) is 9.78 Å². The number of carbonyl (C=O) groups is 1. The van der Waals surface area contributed by atoms with Gasteiger partial charge >= 0.3 is 0 Å². The van der Waals surface area contributed by atoms with Crippen LogP contribution in [0, 0.1) is 10.7 Å². The van der Waals surface area contributed by atoms with E-state index in [1.807, 2.05) is 0 Å². The first-order valence-corrected chi connectivity index (χ1v) is 5.24. The number of hydrogen-bond donors (Lipinski definition) is 0. The van der Waals surface area contributed by atoms with Crippen LogP contribution in [0.1, 0.15) is 22.0 Å². The number of pyridine rings is 1. The smallest absolute Gasteiger partial charge is 0.195 e. The molecule has 1 heterocycles. The molecule has 0 aliphatic heterocycles. The van der Waals surface area contributed by atoms with E-state index in [-0.39, 0.29) is 0 Å². The SMILES string of the molecule is O=NC(C(=O)c1ccncc1)c1ccc(F)cc1. The lowest BCUT2D eigenvalue weighted by molar-refractivity contribution is 0.0961. The van der Waals surface area contributed by atoms with Crippen LogP contribution in [0.2, 0.25) is 0 Å². The number of nitrogens with zero attached hydrogens (tertiary/aromatic N) is 2. The zero-order valence-corrected chi connectivity index (χ0v) is 9.29. The standard InChI is InChI=1S/C13H9FN2O2/c14-11-3-1-9(2-4-11)12(16-18)13(17)10-5-7-15-8-6-10/h1-8,12H. The zero-order valence-electron chi connectivity index (χ0n) is 9.29. The summed E-state index contributed by atoms with van der Waals surface area (Å²) < 4.78 is 12.8. The number of Topliss-reactive ketones (excluding diaryl/α,β-unsaturated/α-hetero) is 1. The van der Waals surface area contributed by atoms with Gasteiger partial charge in [0.25, 0.3) is 0 Å². The lowest BCUT2D eigenvalue weighted by Gasteiger charge is -2.08. The first kappa shape index (κ1) is 12.0. The molecule has 5 heteroatoms. The van der Waals surface area contributed by atoms with E-state index in [4.69, 9.17) is 0 Å². The van der Waals surface area contributed by atoms with E-state index in [1.165, 1.54) is 48.8 Å². The number of halogens is 1. The molecule has 90 valence electrons. The second kappa shape index (κ2) is 5.27. The summed E-state index contributed by atoms with van der Waals surface area (Å²) in [5.74, 6) is -0.862. The van der Waals surface area contributed by atoms with Crippen molar-refractivity contribution in [1.29, 1.82) is 0 Å². The maximum Gasteiger partial charge on any atom is 0.195 e. The van der Waals surface area contributed by atoms with Crippen LogP contribution in [0.5, 0.6) is 0 Å². The predicted octanol–water partition coefficient (Wildman–Crippen LogP) is 2.91. The Kier molecular flexibility index (Phi) is 3.52. The maximum absolute atomic E-state index is 12.8. The number of aromatic nitrogens is 1. The molecule has 0 saturated heterocycles. The average Bonchev–Trinajstić information content (AvgIpc) is 2.42. The molecule has 0 aliphatic carbocycles. The van der Waals surface area contributed by atoms with Gasteiger partial charge in [0, 0.05) is 18.0 Å². The van der Waals surface area contributed by atoms with Crippen molar-refractivity contribution in [3.05, 3.63) is 70.6 Å². The van der Waals surface area contributed by atoms with Gasteiger partial charge in [-0.2, -0.15) is 0 Å². The highest BCUT2D eigenvalue weighted by Gasteiger charge is 2.22. The lowest BCUT2D eigenvalue weighted by atomic mass is 9.99. The summed E-state index contributed by atoms with van der Waals surface area (Å²) in [6.07, 6.45) is 2.92. The topological polar surface area (TPSA) is 59.4 Å². The highest BCUT2D eigenvalue weighted by molar-refractivity contribution is 6.00. The number of hydrogen-bond acceptors (Lipinski definition) is 4. The molecular weight excluding hydrogens is 235 g/mol. The first-order chi connectivity index (χ1) is 8.72. The van der Waals surface area contributed by atoms with Gasteiger partial charge in [0.15, 0.2) is 11.8 Å². The predicted molar refractivity (Wildman–Crippen MR) is 63.5 cm³/mol. The molecule has 1 atom stereocenters. The summed E-state index contributed by atoms with van der Waals surface area (Å²) in [5.41, 5.74) is 0.715. The quantitative estimate of drug-likeness (QED) is 0.613. The molecular formula is C13H9FN2O2. The van der Waals surface area contributed by atoms with Crippen molar-refractivity contribution in [1.82, 2.24) is 4.98 Å². The number of carbonyl (C=O) groups excluding carboxylic acids is 1. The third-order valence-electron chi connectivity index (χ3n) is 2.50. The minimum absolute atomic E-state index is 0.346. The maximum atomic E-state index is 12.8. The molecule has 1 aromatic heterocycles. The second-order valence-electron chi connectivity index (χ2n) is 3.66. The van der Waals surface area contributed by atoms with Gasteiger partial charge in [-0.25, -0.2) is 4.39 Å². The van der Waals surface area contributed by atoms with Crippen molar-refractivity contribution in [3.8, 4) is 0 Å². The van der Waals surface area contributed by atoms with Crippen LogP contribution >= 0.6 is 0 Å². The molecule has 2 aromatic rings. The van der Waals surface area contributed by atoms with Crippen LogP contribution in [0.15, 0.2) is 54.0 Å². The van der Waals surface area contributed by atoms with Crippen LogP contribution in [0.25, 0.3) is 0 Å². The third-order valence-corrected chi connectivity index (χ3v) is 2.50. The summed E-state index contributed by atoms with van der Waals surface area (Å²) in [5, 5.41) is 2.82. The Bertz CT molecular complexity index is 555. The molecule has 0 aliphatic rings. The van der Waals surface area contributed by atoms with Crippen LogP contribution in [0.3, 0.4) is 0 Å². The molecule has 0 saturated carbocycles. The van der Waals surface area contributed by atoms with E-state index in [0.717, 1.165) is 0 Å². The fourth-order valence-corrected chi connectivity index (χ4v) is 1.58. The summed E-state index contributed by atoms with van der Waals surface area (Å²) in [4.78, 5) is 26.7. The van der Waals surface area contributed by atoms with E-state index < -0.39 is 17.6 Å². The molecule has 0 amide bonds. The highest BCUT2D eigenvalue weighted by Crippen LogP contribution is 2.22. The van der Waals surface area contributed by atoms with Crippen molar-refractivity contribution in [3.63, 3.8) is 0 Å². The third kappa shape index (κ3) is 2.45. The van der Waals surface area contributed by atoms with Crippen LogP contribution in [0.4, 0.5) is 4.39 Å².